The number of aromatic amines is 1. The zero-order valence-corrected chi connectivity index (χ0v) is 25.9. The zero-order chi connectivity index (χ0) is 31.3. The molecular formula is C46H27NO. The Morgan fingerprint density at radius 2 is 0.812 bits per heavy atom. The quantitative estimate of drug-likeness (QED) is 0.153. The third kappa shape index (κ3) is 3.46. The highest BCUT2D eigenvalue weighted by Crippen LogP contribution is 2.46. The summed E-state index contributed by atoms with van der Waals surface area (Å²) >= 11 is 0. The van der Waals surface area contributed by atoms with Crippen LogP contribution in [0.25, 0.3) is 109 Å². The summed E-state index contributed by atoms with van der Waals surface area (Å²) in [5.41, 5.74) is 9.05. The highest BCUT2D eigenvalue weighted by molar-refractivity contribution is 6.30. The summed E-state index contributed by atoms with van der Waals surface area (Å²) < 4.78 is 6.82. The molecule has 0 saturated carbocycles. The lowest BCUT2D eigenvalue weighted by Gasteiger charge is -2.18. The second-order valence-corrected chi connectivity index (χ2v) is 12.9. The minimum absolute atomic E-state index is 0.908. The normalized spacial score (nSPS) is 12.2. The molecule has 2 aromatic heterocycles. The Balaban J connectivity index is 1.21. The number of H-pyrrole nitrogens is 1. The van der Waals surface area contributed by atoms with Gasteiger partial charge in [-0.05, 0) is 90.3 Å². The number of benzene rings is 9. The van der Waals surface area contributed by atoms with Crippen LogP contribution in [0.4, 0.5) is 0 Å². The Morgan fingerprint density at radius 3 is 1.48 bits per heavy atom. The topological polar surface area (TPSA) is 28.9 Å². The van der Waals surface area contributed by atoms with E-state index in [4.69, 9.17) is 4.42 Å². The van der Waals surface area contributed by atoms with E-state index in [1.54, 1.807) is 0 Å². The summed E-state index contributed by atoms with van der Waals surface area (Å²) in [7, 11) is 0. The lowest BCUT2D eigenvalue weighted by Crippen LogP contribution is -1.90. The molecule has 2 heteroatoms. The summed E-state index contributed by atoms with van der Waals surface area (Å²) in [6, 6.07) is 57.2. The van der Waals surface area contributed by atoms with Crippen LogP contribution in [0.3, 0.4) is 0 Å². The minimum Gasteiger partial charge on any atom is -0.455 e. The second-order valence-electron chi connectivity index (χ2n) is 12.9. The summed E-state index contributed by atoms with van der Waals surface area (Å²) in [6.45, 7) is 0. The molecule has 11 rings (SSSR count). The lowest BCUT2D eigenvalue weighted by atomic mass is 9.85. The van der Waals surface area contributed by atoms with Gasteiger partial charge in [0, 0.05) is 38.0 Å². The number of hydrogen-bond donors (Lipinski definition) is 1. The number of hydrogen-bond acceptors (Lipinski definition) is 1. The molecule has 0 amide bonds. The second kappa shape index (κ2) is 9.57. The molecule has 222 valence electrons. The van der Waals surface area contributed by atoms with E-state index in [1.807, 2.05) is 0 Å². The maximum absolute atomic E-state index is 6.82. The number of rotatable bonds is 2. The third-order valence-electron chi connectivity index (χ3n) is 10.4. The molecule has 0 atom stereocenters. The van der Waals surface area contributed by atoms with E-state index in [2.05, 4.69) is 163 Å². The fourth-order valence-electron chi connectivity index (χ4n) is 8.32. The van der Waals surface area contributed by atoms with Crippen LogP contribution in [-0.4, -0.2) is 4.98 Å². The van der Waals surface area contributed by atoms with Crippen LogP contribution >= 0.6 is 0 Å². The number of nitrogens with one attached hydrogen (secondary N) is 1. The Hall–Kier alpha value is -6.38. The van der Waals surface area contributed by atoms with Gasteiger partial charge in [0.1, 0.15) is 11.2 Å². The molecule has 11 aromatic rings. The van der Waals surface area contributed by atoms with Gasteiger partial charge in [-0.15, -0.1) is 0 Å². The van der Waals surface area contributed by atoms with Crippen molar-refractivity contribution in [2.24, 2.45) is 0 Å². The Morgan fingerprint density at radius 1 is 0.333 bits per heavy atom. The Bertz CT molecular complexity index is 3060. The predicted molar refractivity (Wildman–Crippen MR) is 204 cm³/mol. The molecule has 0 saturated heterocycles. The maximum atomic E-state index is 6.82. The first-order valence-corrected chi connectivity index (χ1v) is 16.5. The maximum Gasteiger partial charge on any atom is 0.143 e. The summed E-state index contributed by atoms with van der Waals surface area (Å²) in [6.07, 6.45) is 0. The first kappa shape index (κ1) is 25.8. The van der Waals surface area contributed by atoms with Gasteiger partial charge >= 0.3 is 0 Å². The number of furan rings is 1. The molecule has 0 aliphatic heterocycles. The molecule has 0 fully saturated rings. The average Bonchev–Trinajstić information content (AvgIpc) is 3.72. The molecule has 0 unspecified atom stereocenters. The van der Waals surface area contributed by atoms with Crippen molar-refractivity contribution in [3.8, 4) is 22.3 Å². The summed E-state index contributed by atoms with van der Waals surface area (Å²) in [5, 5.41) is 14.6. The number of fused-ring (bicyclic) bond motifs is 13. The monoisotopic (exact) mass is 609 g/mol. The van der Waals surface area contributed by atoms with Gasteiger partial charge in [-0.3, -0.25) is 0 Å². The Labute approximate surface area is 275 Å². The first-order chi connectivity index (χ1) is 23.8. The van der Waals surface area contributed by atoms with Crippen LogP contribution in [0.5, 0.6) is 0 Å². The third-order valence-corrected chi connectivity index (χ3v) is 10.4. The molecule has 0 bridgehead atoms. The standard InChI is InChI=1S/C46H27NO/c1-3-14-32-29(11-1)30-12-2-8-19-37(30)46-45(32)38-23-21-28(26-42(38)48-46)44-35-17-6-4-15-33(35)43(34-16-5-7-18-36(34)44)27-22-24-41-39(25-27)31-13-9-10-20-40(31)47-41/h1-26,47H. The highest BCUT2D eigenvalue weighted by Gasteiger charge is 2.20. The fraction of sp³-hybridized carbons (Fsp3) is 0. The van der Waals surface area contributed by atoms with Gasteiger partial charge in [0.15, 0.2) is 0 Å². The van der Waals surface area contributed by atoms with Crippen molar-refractivity contribution in [1.82, 2.24) is 4.98 Å². The van der Waals surface area contributed by atoms with E-state index in [-0.39, 0.29) is 0 Å². The van der Waals surface area contributed by atoms with Crippen molar-refractivity contribution >= 4 is 86.8 Å². The molecule has 48 heavy (non-hydrogen) atoms. The van der Waals surface area contributed by atoms with Gasteiger partial charge in [-0.2, -0.15) is 0 Å². The van der Waals surface area contributed by atoms with Gasteiger partial charge in [0.05, 0.1) is 0 Å². The van der Waals surface area contributed by atoms with Crippen LogP contribution in [0.15, 0.2) is 162 Å². The first-order valence-electron chi connectivity index (χ1n) is 16.5. The van der Waals surface area contributed by atoms with Gasteiger partial charge in [0.25, 0.3) is 0 Å². The molecule has 9 aromatic carbocycles. The molecule has 0 radical (unpaired) electrons. The Kier molecular flexibility index (Phi) is 5.14. The van der Waals surface area contributed by atoms with E-state index >= 15 is 0 Å². The average molecular weight is 610 g/mol. The van der Waals surface area contributed by atoms with Gasteiger partial charge in [-0.25, -0.2) is 0 Å². The number of para-hydroxylation sites is 1. The van der Waals surface area contributed by atoms with Crippen LogP contribution in [0, 0.1) is 0 Å². The predicted octanol–water partition coefficient (Wildman–Crippen LogP) is 13.2. The minimum atomic E-state index is 0.908. The van der Waals surface area contributed by atoms with Gasteiger partial charge in [0.2, 0.25) is 0 Å². The number of aromatic nitrogens is 1. The molecule has 2 heterocycles. The summed E-state index contributed by atoms with van der Waals surface area (Å²) in [4.78, 5) is 3.60. The van der Waals surface area contributed by atoms with E-state index in [9.17, 15) is 0 Å². The van der Waals surface area contributed by atoms with Gasteiger partial charge < -0.3 is 9.40 Å². The molecule has 0 aliphatic carbocycles. The fourth-order valence-corrected chi connectivity index (χ4v) is 8.32. The van der Waals surface area contributed by atoms with E-state index in [0.29, 0.717) is 0 Å². The van der Waals surface area contributed by atoms with E-state index in [1.165, 1.54) is 70.6 Å². The van der Waals surface area contributed by atoms with Crippen molar-refractivity contribution < 1.29 is 4.42 Å². The lowest BCUT2D eigenvalue weighted by molar-refractivity contribution is 0.673. The van der Waals surface area contributed by atoms with Crippen molar-refractivity contribution in [3.63, 3.8) is 0 Å². The summed E-state index contributed by atoms with van der Waals surface area (Å²) in [5.74, 6) is 0. The van der Waals surface area contributed by atoms with E-state index < -0.39 is 0 Å². The smallest absolute Gasteiger partial charge is 0.143 e. The van der Waals surface area contributed by atoms with Gasteiger partial charge in [-0.1, -0.05) is 127 Å². The molecule has 1 N–H and O–H groups in total. The van der Waals surface area contributed by atoms with Crippen LogP contribution in [0.1, 0.15) is 0 Å². The van der Waals surface area contributed by atoms with E-state index in [0.717, 1.165) is 38.5 Å². The largest absolute Gasteiger partial charge is 0.455 e. The molecular weight excluding hydrogens is 583 g/mol. The van der Waals surface area contributed by atoms with Crippen molar-refractivity contribution in [3.05, 3.63) is 158 Å². The molecule has 2 nitrogen and oxygen atoms in total. The SMILES string of the molecule is c1ccc2c(c1)[nH]c1ccc(-c3c4ccccc4c(-c4ccc5c(c4)oc4c6ccccc6c6ccccc6c54)c4ccccc34)cc12. The van der Waals surface area contributed by atoms with Crippen molar-refractivity contribution in [2.45, 2.75) is 0 Å². The van der Waals surface area contributed by atoms with Crippen molar-refractivity contribution in [1.29, 1.82) is 0 Å². The molecule has 0 aliphatic rings. The van der Waals surface area contributed by atoms with Crippen molar-refractivity contribution in [2.75, 3.05) is 0 Å². The van der Waals surface area contributed by atoms with Crippen LogP contribution < -0.4 is 0 Å². The highest BCUT2D eigenvalue weighted by atomic mass is 16.3. The zero-order valence-electron chi connectivity index (χ0n) is 25.9. The van der Waals surface area contributed by atoms with Crippen LogP contribution in [-0.2, 0) is 0 Å². The molecule has 0 spiro atoms. The van der Waals surface area contributed by atoms with Crippen LogP contribution in [0.2, 0.25) is 0 Å².